The van der Waals surface area contributed by atoms with Gasteiger partial charge >= 0.3 is 5.97 Å². The largest absolute Gasteiger partial charge is 0.468 e. The number of methoxy groups -OCH3 is 1. The van der Waals surface area contributed by atoms with Crippen LogP contribution in [0.4, 0.5) is 0 Å². The van der Waals surface area contributed by atoms with Crippen LogP contribution in [0.1, 0.15) is 0 Å². The van der Waals surface area contributed by atoms with E-state index in [-0.39, 0.29) is 6.54 Å². The van der Waals surface area contributed by atoms with Gasteiger partial charge in [-0.1, -0.05) is 0 Å². The second-order valence-electron chi connectivity index (χ2n) is 3.87. The monoisotopic (exact) mass is 282 g/mol. The quantitative estimate of drug-likeness (QED) is 0.655. The van der Waals surface area contributed by atoms with E-state index in [9.17, 15) is 13.2 Å². The molecule has 1 saturated heterocycles. The van der Waals surface area contributed by atoms with Crippen LogP contribution >= 0.6 is 11.8 Å². The third-order valence-corrected chi connectivity index (χ3v) is 5.37. The molecule has 2 atom stereocenters. The van der Waals surface area contributed by atoms with Gasteiger partial charge < -0.3 is 10.5 Å². The van der Waals surface area contributed by atoms with Gasteiger partial charge in [-0.25, -0.2) is 8.42 Å². The Balaban J connectivity index is 2.94. The molecule has 2 unspecified atom stereocenters. The molecule has 6 nitrogen and oxygen atoms in total. The molecular weight excluding hydrogens is 264 g/mol. The second kappa shape index (κ2) is 6.03. The van der Waals surface area contributed by atoms with Crippen molar-refractivity contribution in [1.82, 2.24) is 4.90 Å². The van der Waals surface area contributed by atoms with Crippen molar-refractivity contribution in [1.29, 1.82) is 0 Å². The fraction of sp³-hybridized carbons (Fsp3) is 0.889. The van der Waals surface area contributed by atoms with Gasteiger partial charge in [0.25, 0.3) is 0 Å². The first-order chi connectivity index (χ1) is 7.91. The average Bonchev–Trinajstić information content (AvgIpc) is 2.29. The van der Waals surface area contributed by atoms with E-state index in [1.54, 1.807) is 16.7 Å². The predicted octanol–water partition coefficient (Wildman–Crippen LogP) is -1.09. The van der Waals surface area contributed by atoms with Crippen LogP contribution in [0.15, 0.2) is 0 Å². The zero-order valence-corrected chi connectivity index (χ0v) is 11.6. The molecule has 1 fully saturated rings. The summed E-state index contributed by atoms with van der Waals surface area (Å²) in [5, 5.41) is -0.658. The molecule has 0 aromatic heterocycles. The number of sulfone groups is 1. The maximum Gasteiger partial charge on any atom is 0.324 e. The number of carbonyl (C=O) groups excluding carboxylic acids is 1. The van der Waals surface area contributed by atoms with E-state index in [2.05, 4.69) is 4.74 Å². The van der Waals surface area contributed by atoms with Crippen molar-refractivity contribution in [3.8, 4) is 0 Å². The Labute approximate surface area is 106 Å². The fourth-order valence-corrected chi connectivity index (χ4v) is 4.74. The molecule has 0 amide bonds. The van der Waals surface area contributed by atoms with E-state index in [4.69, 9.17) is 5.73 Å². The summed E-state index contributed by atoms with van der Waals surface area (Å²) < 4.78 is 28.0. The van der Waals surface area contributed by atoms with Crippen LogP contribution in [0, 0.1) is 0 Å². The highest BCUT2D eigenvalue weighted by atomic mass is 32.2. The zero-order chi connectivity index (χ0) is 13.1. The smallest absolute Gasteiger partial charge is 0.324 e. The van der Waals surface area contributed by atoms with Crippen molar-refractivity contribution >= 4 is 27.6 Å². The second-order valence-corrected chi connectivity index (χ2v) is 7.22. The third-order valence-electron chi connectivity index (χ3n) is 2.72. The first-order valence-electron chi connectivity index (χ1n) is 5.22. The van der Waals surface area contributed by atoms with E-state index >= 15 is 0 Å². The molecule has 0 saturated carbocycles. The summed E-state index contributed by atoms with van der Waals surface area (Å²) >= 11 is 1.57. The summed E-state index contributed by atoms with van der Waals surface area (Å²) in [6.07, 6.45) is 1.18. The fourth-order valence-electron chi connectivity index (χ4n) is 1.82. The minimum Gasteiger partial charge on any atom is -0.468 e. The summed E-state index contributed by atoms with van der Waals surface area (Å²) in [5.41, 5.74) is 5.54. The lowest BCUT2D eigenvalue weighted by Gasteiger charge is -2.37. The Kier molecular flexibility index (Phi) is 5.23. The average molecular weight is 282 g/mol. The van der Waals surface area contributed by atoms with E-state index in [1.165, 1.54) is 13.4 Å². The molecule has 1 rings (SSSR count). The lowest BCUT2D eigenvalue weighted by molar-refractivity contribution is -0.146. The first-order valence-corrected chi connectivity index (χ1v) is 8.33. The maximum atomic E-state index is 11.7. The number of nitrogens with two attached hydrogens (primary N) is 1. The number of thioether (sulfide) groups is 1. The van der Waals surface area contributed by atoms with Gasteiger partial charge in [-0.2, -0.15) is 11.8 Å². The normalized spacial score (nSPS) is 24.3. The van der Waals surface area contributed by atoms with Gasteiger partial charge in [0.05, 0.1) is 7.11 Å². The van der Waals surface area contributed by atoms with Gasteiger partial charge in [-0.05, 0) is 0 Å². The van der Waals surface area contributed by atoms with Gasteiger partial charge in [0.2, 0.25) is 0 Å². The van der Waals surface area contributed by atoms with Crippen molar-refractivity contribution in [3.05, 3.63) is 0 Å². The maximum absolute atomic E-state index is 11.7. The minimum absolute atomic E-state index is 0.0589. The molecule has 2 N–H and O–H groups in total. The van der Waals surface area contributed by atoms with Gasteiger partial charge in [-0.3, -0.25) is 9.69 Å². The first kappa shape index (κ1) is 14.7. The van der Waals surface area contributed by atoms with E-state index in [0.717, 1.165) is 5.75 Å². The van der Waals surface area contributed by atoms with Crippen LogP contribution in [-0.2, 0) is 19.4 Å². The lowest BCUT2D eigenvalue weighted by atomic mass is 10.2. The molecule has 17 heavy (non-hydrogen) atoms. The summed E-state index contributed by atoms with van der Waals surface area (Å²) in [6, 6.07) is -0.680. The molecular formula is C9H18N2O4S2. The summed E-state index contributed by atoms with van der Waals surface area (Å²) in [6.45, 7) is 0.586. The Morgan fingerprint density at radius 3 is 2.76 bits per heavy atom. The number of hydrogen-bond donors (Lipinski definition) is 1. The number of hydrogen-bond acceptors (Lipinski definition) is 7. The van der Waals surface area contributed by atoms with Crippen LogP contribution in [0.5, 0.6) is 0 Å². The molecule has 0 aromatic rings. The highest BCUT2D eigenvalue weighted by Gasteiger charge is 2.38. The van der Waals surface area contributed by atoms with Crippen molar-refractivity contribution in [2.75, 3.05) is 38.0 Å². The number of ether oxygens (including phenoxy) is 1. The highest BCUT2D eigenvalue weighted by Crippen LogP contribution is 2.22. The summed E-state index contributed by atoms with van der Waals surface area (Å²) in [7, 11) is -1.95. The highest BCUT2D eigenvalue weighted by molar-refractivity contribution is 8.00. The van der Waals surface area contributed by atoms with Crippen molar-refractivity contribution in [2.24, 2.45) is 5.73 Å². The molecule has 0 spiro atoms. The Morgan fingerprint density at radius 2 is 2.29 bits per heavy atom. The molecule has 1 aliphatic heterocycles. The molecule has 8 heteroatoms. The van der Waals surface area contributed by atoms with Crippen LogP contribution < -0.4 is 5.73 Å². The molecule has 0 aliphatic carbocycles. The third kappa shape index (κ3) is 3.57. The van der Waals surface area contributed by atoms with Gasteiger partial charge in [-0.15, -0.1) is 0 Å². The van der Waals surface area contributed by atoms with Crippen molar-refractivity contribution in [3.63, 3.8) is 0 Å². The van der Waals surface area contributed by atoms with Gasteiger partial charge in [0.1, 0.15) is 11.4 Å². The van der Waals surface area contributed by atoms with Gasteiger partial charge in [0.15, 0.2) is 9.84 Å². The molecule has 0 radical (unpaired) electrons. The Bertz CT molecular complexity index is 371. The molecule has 1 heterocycles. The number of nitrogens with zero attached hydrogens (tertiary/aromatic N) is 1. The van der Waals surface area contributed by atoms with Crippen LogP contribution in [-0.4, -0.2) is 68.7 Å². The summed E-state index contributed by atoms with van der Waals surface area (Å²) in [5.74, 6) is 0.777. The number of carbonyl (C=O) groups is 1. The molecule has 0 bridgehead atoms. The predicted molar refractivity (Wildman–Crippen MR) is 67.5 cm³/mol. The Morgan fingerprint density at radius 1 is 1.65 bits per heavy atom. The Hall–Kier alpha value is -0.310. The topological polar surface area (TPSA) is 89.7 Å². The number of rotatable bonds is 4. The molecule has 100 valence electrons. The van der Waals surface area contributed by atoms with Crippen LogP contribution in [0.2, 0.25) is 0 Å². The van der Waals surface area contributed by atoms with E-state index < -0.39 is 27.2 Å². The van der Waals surface area contributed by atoms with E-state index in [0.29, 0.717) is 12.3 Å². The standard InChI is InChI=1S/C9H18N2O4S2/c1-15-9(12)7(5-10)11-3-4-16-6-8(11)17(2,13)14/h7-8H,3-6,10H2,1-2H3. The van der Waals surface area contributed by atoms with Crippen molar-refractivity contribution in [2.45, 2.75) is 11.4 Å². The van der Waals surface area contributed by atoms with Crippen LogP contribution in [0.3, 0.4) is 0 Å². The SMILES string of the molecule is COC(=O)C(CN)N1CCSCC1S(C)(=O)=O. The molecule has 0 aromatic carbocycles. The van der Waals surface area contributed by atoms with Crippen LogP contribution in [0.25, 0.3) is 0 Å². The summed E-state index contributed by atoms with van der Waals surface area (Å²) in [4.78, 5) is 13.2. The van der Waals surface area contributed by atoms with Gasteiger partial charge in [0, 0.05) is 30.9 Å². The zero-order valence-electron chi connectivity index (χ0n) is 9.96. The van der Waals surface area contributed by atoms with E-state index in [1.807, 2.05) is 0 Å². The number of esters is 1. The lowest BCUT2D eigenvalue weighted by Crippen LogP contribution is -2.57. The molecule has 1 aliphatic rings. The van der Waals surface area contributed by atoms with Crippen molar-refractivity contribution < 1.29 is 17.9 Å². The minimum atomic E-state index is -3.23.